The van der Waals surface area contributed by atoms with E-state index < -0.39 is 6.10 Å². The minimum Gasteiger partial charge on any atom is -0.496 e. The van der Waals surface area contributed by atoms with Gasteiger partial charge in [0.05, 0.1) is 10.9 Å². The van der Waals surface area contributed by atoms with Crippen molar-refractivity contribution in [2.75, 3.05) is 7.11 Å². The van der Waals surface area contributed by atoms with Crippen LogP contribution in [0.2, 0.25) is 0 Å². The molecule has 0 aliphatic heterocycles. The number of ether oxygens (including phenoxy) is 1. The molecule has 1 aromatic heterocycles. The van der Waals surface area contributed by atoms with Gasteiger partial charge in [0, 0.05) is 9.35 Å². The number of hydrogen-bond donors (Lipinski definition) is 1. The number of benzene rings is 1. The first kappa shape index (κ1) is 14.1. The summed E-state index contributed by atoms with van der Waals surface area (Å²) in [6.45, 7) is 1.97. The average molecular weight is 392 g/mol. The van der Waals surface area contributed by atoms with Gasteiger partial charge < -0.3 is 9.84 Å². The van der Waals surface area contributed by atoms with Crippen molar-refractivity contribution in [3.8, 4) is 5.75 Å². The van der Waals surface area contributed by atoms with Gasteiger partial charge in [-0.25, -0.2) is 0 Å². The fourth-order valence-electron chi connectivity index (χ4n) is 1.73. The Bertz CT molecular complexity index is 547. The highest BCUT2D eigenvalue weighted by atomic mass is 79.9. The van der Waals surface area contributed by atoms with Crippen molar-refractivity contribution in [3.05, 3.63) is 48.5 Å². The molecule has 5 heteroatoms. The van der Waals surface area contributed by atoms with Crippen molar-refractivity contribution in [2.45, 2.75) is 13.0 Å². The second-order valence-electron chi connectivity index (χ2n) is 3.90. The molecule has 0 amide bonds. The first-order chi connectivity index (χ1) is 8.52. The topological polar surface area (TPSA) is 29.5 Å². The molecule has 2 rings (SSSR count). The molecule has 2 nitrogen and oxygen atoms in total. The van der Waals surface area contributed by atoms with Gasteiger partial charge in [-0.15, -0.1) is 11.3 Å². The molecule has 0 bridgehead atoms. The van der Waals surface area contributed by atoms with E-state index in [2.05, 4.69) is 31.9 Å². The number of methoxy groups -OCH3 is 1. The second kappa shape index (κ2) is 5.74. The molecule has 18 heavy (non-hydrogen) atoms. The van der Waals surface area contributed by atoms with Crippen molar-refractivity contribution in [3.63, 3.8) is 0 Å². The number of hydrogen-bond acceptors (Lipinski definition) is 3. The molecule has 2 aromatic rings. The Balaban J connectivity index is 2.33. The molecule has 1 atom stereocenters. The highest BCUT2D eigenvalue weighted by Crippen LogP contribution is 2.38. The van der Waals surface area contributed by atoms with Crippen LogP contribution in [0.25, 0.3) is 0 Å². The number of aliphatic hydroxyl groups excluding tert-OH is 1. The van der Waals surface area contributed by atoms with Gasteiger partial charge in [0.15, 0.2) is 0 Å². The third-order valence-corrected chi connectivity index (χ3v) is 5.98. The number of aryl methyl sites for hydroxylation is 1. The molecule has 0 saturated carbocycles. The van der Waals surface area contributed by atoms with Crippen LogP contribution in [0.3, 0.4) is 0 Å². The molecule has 0 aliphatic carbocycles. The largest absolute Gasteiger partial charge is 0.496 e. The fraction of sp³-hybridized carbons (Fsp3) is 0.231. The zero-order valence-corrected chi connectivity index (χ0v) is 13.9. The van der Waals surface area contributed by atoms with E-state index in [0.29, 0.717) is 0 Å². The number of halogens is 2. The summed E-state index contributed by atoms with van der Waals surface area (Å²) in [5.41, 5.74) is 1.89. The normalized spacial score (nSPS) is 12.5. The summed E-state index contributed by atoms with van der Waals surface area (Å²) >= 11 is 8.38. The van der Waals surface area contributed by atoms with Crippen LogP contribution in [0.15, 0.2) is 32.5 Å². The van der Waals surface area contributed by atoms with E-state index in [1.54, 1.807) is 7.11 Å². The zero-order valence-electron chi connectivity index (χ0n) is 9.91. The maximum atomic E-state index is 10.3. The molecule has 0 aliphatic rings. The van der Waals surface area contributed by atoms with E-state index in [9.17, 15) is 5.11 Å². The molecule has 96 valence electrons. The lowest BCUT2D eigenvalue weighted by Crippen LogP contribution is -1.98. The summed E-state index contributed by atoms with van der Waals surface area (Å²) in [5, 5.41) is 10.3. The number of thiophene rings is 1. The highest BCUT2D eigenvalue weighted by Gasteiger charge is 2.16. The lowest BCUT2D eigenvalue weighted by atomic mass is 10.0. The molecule has 1 aromatic carbocycles. The van der Waals surface area contributed by atoms with Crippen molar-refractivity contribution in [2.24, 2.45) is 0 Å². The minimum absolute atomic E-state index is 0.609. The maximum Gasteiger partial charge on any atom is 0.121 e. The molecular weight excluding hydrogens is 380 g/mol. The quantitative estimate of drug-likeness (QED) is 0.823. The van der Waals surface area contributed by atoms with E-state index >= 15 is 0 Å². The van der Waals surface area contributed by atoms with E-state index in [1.165, 1.54) is 11.3 Å². The Kier molecular flexibility index (Phi) is 4.48. The van der Waals surface area contributed by atoms with Crippen LogP contribution in [-0.4, -0.2) is 12.2 Å². The Morgan fingerprint density at radius 1 is 1.28 bits per heavy atom. The van der Waals surface area contributed by atoms with Crippen LogP contribution in [0.5, 0.6) is 5.75 Å². The minimum atomic E-state index is -0.609. The summed E-state index contributed by atoms with van der Waals surface area (Å²) in [4.78, 5) is 0.901. The lowest BCUT2D eigenvalue weighted by Gasteiger charge is -2.11. The number of rotatable bonds is 3. The highest BCUT2D eigenvalue weighted by molar-refractivity contribution is 9.13. The molecule has 0 spiro atoms. The molecule has 0 radical (unpaired) electrons. The van der Waals surface area contributed by atoms with Gasteiger partial charge in [-0.3, -0.25) is 0 Å². The van der Waals surface area contributed by atoms with Crippen LogP contribution in [0.4, 0.5) is 0 Å². The predicted octanol–water partition coefficient (Wildman–Crippen LogP) is 4.67. The van der Waals surface area contributed by atoms with Gasteiger partial charge in [-0.05, 0) is 68.1 Å². The Labute approximate surface area is 127 Å². The van der Waals surface area contributed by atoms with Crippen molar-refractivity contribution in [1.29, 1.82) is 0 Å². The molecule has 1 unspecified atom stereocenters. The van der Waals surface area contributed by atoms with Crippen molar-refractivity contribution < 1.29 is 9.84 Å². The van der Waals surface area contributed by atoms with Crippen LogP contribution in [0.1, 0.15) is 22.1 Å². The monoisotopic (exact) mass is 390 g/mol. The van der Waals surface area contributed by atoms with Gasteiger partial charge in [-0.2, -0.15) is 0 Å². The molecule has 1 heterocycles. The van der Waals surface area contributed by atoms with E-state index in [-0.39, 0.29) is 0 Å². The second-order valence-corrected chi connectivity index (χ2v) is 7.16. The molecule has 0 fully saturated rings. The van der Waals surface area contributed by atoms with E-state index in [1.807, 2.05) is 31.2 Å². The van der Waals surface area contributed by atoms with E-state index in [0.717, 1.165) is 30.0 Å². The predicted molar refractivity (Wildman–Crippen MR) is 81.5 cm³/mol. The first-order valence-electron chi connectivity index (χ1n) is 5.30. The van der Waals surface area contributed by atoms with Gasteiger partial charge >= 0.3 is 0 Å². The van der Waals surface area contributed by atoms with E-state index in [4.69, 9.17) is 4.74 Å². The smallest absolute Gasteiger partial charge is 0.121 e. The zero-order chi connectivity index (χ0) is 13.3. The van der Waals surface area contributed by atoms with Crippen LogP contribution in [0, 0.1) is 6.92 Å². The summed E-state index contributed by atoms with van der Waals surface area (Å²) in [6, 6.07) is 7.65. The third-order valence-electron chi connectivity index (χ3n) is 2.67. The van der Waals surface area contributed by atoms with Gasteiger partial charge in [-0.1, -0.05) is 6.07 Å². The van der Waals surface area contributed by atoms with Crippen molar-refractivity contribution in [1.82, 2.24) is 0 Å². The van der Waals surface area contributed by atoms with Crippen LogP contribution in [-0.2, 0) is 0 Å². The molecule has 1 N–H and O–H groups in total. The fourth-order valence-corrected chi connectivity index (χ4v) is 3.84. The summed E-state index contributed by atoms with van der Waals surface area (Å²) < 4.78 is 7.17. The summed E-state index contributed by atoms with van der Waals surface area (Å²) in [6.07, 6.45) is -0.609. The molecular formula is C13H12Br2O2S. The third kappa shape index (κ3) is 2.79. The SMILES string of the molecule is COc1ccc(C(O)c2cc(Br)c(Br)s2)cc1C. The summed E-state index contributed by atoms with van der Waals surface area (Å²) in [5.74, 6) is 0.833. The Morgan fingerprint density at radius 3 is 2.50 bits per heavy atom. The summed E-state index contributed by atoms with van der Waals surface area (Å²) in [7, 11) is 1.64. The van der Waals surface area contributed by atoms with Gasteiger partial charge in [0.25, 0.3) is 0 Å². The van der Waals surface area contributed by atoms with Gasteiger partial charge in [0.2, 0.25) is 0 Å². The van der Waals surface area contributed by atoms with Crippen molar-refractivity contribution >= 4 is 43.2 Å². The van der Waals surface area contributed by atoms with Gasteiger partial charge in [0.1, 0.15) is 11.9 Å². The first-order valence-corrected chi connectivity index (χ1v) is 7.70. The Hall–Kier alpha value is -0.360. The maximum absolute atomic E-state index is 10.3. The van der Waals surface area contributed by atoms with Crippen LogP contribution >= 0.6 is 43.2 Å². The Morgan fingerprint density at radius 2 is 2.00 bits per heavy atom. The standard InChI is InChI=1S/C13H12Br2O2S/c1-7-5-8(3-4-10(7)17-2)12(16)11-6-9(14)13(15)18-11/h3-6,12,16H,1-2H3. The van der Waals surface area contributed by atoms with Crippen LogP contribution < -0.4 is 4.74 Å². The molecule has 0 saturated heterocycles. The average Bonchev–Trinajstić information content (AvgIpc) is 2.68. The lowest BCUT2D eigenvalue weighted by molar-refractivity contribution is 0.224. The number of aliphatic hydroxyl groups is 1.